The maximum absolute atomic E-state index is 12.2. The van der Waals surface area contributed by atoms with Crippen molar-refractivity contribution in [2.75, 3.05) is 0 Å². The Bertz CT molecular complexity index is 712. The van der Waals surface area contributed by atoms with Gasteiger partial charge in [0.25, 0.3) is 5.56 Å². The first-order valence-electron chi connectivity index (χ1n) is 8.29. The Labute approximate surface area is 130 Å². The van der Waals surface area contributed by atoms with E-state index in [9.17, 15) is 4.79 Å². The predicted octanol–water partition coefficient (Wildman–Crippen LogP) is 2.24. The molecule has 1 heterocycles. The molecule has 22 heavy (non-hydrogen) atoms. The van der Waals surface area contributed by atoms with Crippen LogP contribution in [0.25, 0.3) is 0 Å². The number of H-pyrrole nitrogens is 1. The van der Waals surface area contributed by atoms with Gasteiger partial charge in [-0.05, 0) is 37.7 Å². The Balaban J connectivity index is 1.56. The van der Waals surface area contributed by atoms with Crippen LogP contribution in [-0.4, -0.2) is 26.8 Å². The Kier molecular flexibility index (Phi) is 3.41. The SMILES string of the molecule is Cn1[nH]c2c(c1=O)CC(N(Cc1ccccc1)C1CC1)CC2. The maximum Gasteiger partial charge on any atom is 0.269 e. The van der Waals surface area contributed by atoms with E-state index in [0.29, 0.717) is 6.04 Å². The summed E-state index contributed by atoms with van der Waals surface area (Å²) in [6, 6.07) is 11.9. The molecule has 1 atom stereocenters. The van der Waals surface area contributed by atoms with Gasteiger partial charge < -0.3 is 0 Å². The molecule has 0 radical (unpaired) electrons. The van der Waals surface area contributed by atoms with Crippen molar-refractivity contribution in [3.05, 3.63) is 57.5 Å². The Morgan fingerprint density at radius 3 is 2.68 bits per heavy atom. The summed E-state index contributed by atoms with van der Waals surface area (Å²) in [5.41, 5.74) is 3.70. The predicted molar refractivity (Wildman–Crippen MR) is 86.9 cm³/mol. The van der Waals surface area contributed by atoms with E-state index in [-0.39, 0.29) is 5.56 Å². The van der Waals surface area contributed by atoms with Crippen LogP contribution < -0.4 is 5.56 Å². The van der Waals surface area contributed by atoms with Gasteiger partial charge in [0.2, 0.25) is 0 Å². The lowest BCUT2D eigenvalue weighted by molar-refractivity contribution is 0.160. The zero-order chi connectivity index (χ0) is 15.1. The smallest absolute Gasteiger partial charge is 0.269 e. The lowest BCUT2D eigenvalue weighted by Crippen LogP contribution is -2.41. The third-order valence-corrected chi connectivity index (χ3v) is 5.09. The summed E-state index contributed by atoms with van der Waals surface area (Å²) in [4.78, 5) is 14.9. The molecule has 2 aliphatic carbocycles. The molecule has 4 rings (SSSR count). The Morgan fingerprint density at radius 2 is 1.95 bits per heavy atom. The number of hydrogen-bond acceptors (Lipinski definition) is 2. The van der Waals surface area contributed by atoms with Gasteiger partial charge in [0.05, 0.1) is 0 Å². The molecule has 1 saturated carbocycles. The molecule has 4 nitrogen and oxygen atoms in total. The van der Waals surface area contributed by atoms with E-state index in [0.717, 1.165) is 43.1 Å². The summed E-state index contributed by atoms with van der Waals surface area (Å²) < 4.78 is 1.63. The van der Waals surface area contributed by atoms with E-state index in [4.69, 9.17) is 0 Å². The summed E-state index contributed by atoms with van der Waals surface area (Å²) in [5.74, 6) is 0. The molecule has 1 N–H and O–H groups in total. The van der Waals surface area contributed by atoms with Crippen LogP contribution in [0, 0.1) is 0 Å². The monoisotopic (exact) mass is 297 g/mol. The first-order valence-corrected chi connectivity index (χ1v) is 8.29. The largest absolute Gasteiger partial charge is 0.300 e. The van der Waals surface area contributed by atoms with E-state index < -0.39 is 0 Å². The van der Waals surface area contributed by atoms with Gasteiger partial charge in [0.15, 0.2) is 0 Å². The fraction of sp³-hybridized carbons (Fsp3) is 0.500. The van der Waals surface area contributed by atoms with Crippen LogP contribution in [0.15, 0.2) is 35.1 Å². The molecule has 116 valence electrons. The van der Waals surface area contributed by atoms with Crippen molar-refractivity contribution in [1.29, 1.82) is 0 Å². The first kappa shape index (κ1) is 13.8. The molecule has 1 unspecified atom stereocenters. The normalized spacial score (nSPS) is 21.1. The first-order chi connectivity index (χ1) is 10.7. The molecule has 2 aromatic rings. The Hall–Kier alpha value is -1.81. The van der Waals surface area contributed by atoms with Crippen LogP contribution >= 0.6 is 0 Å². The fourth-order valence-corrected chi connectivity index (χ4v) is 3.76. The zero-order valence-electron chi connectivity index (χ0n) is 13.1. The summed E-state index contributed by atoms with van der Waals surface area (Å²) in [5, 5.41) is 3.20. The van der Waals surface area contributed by atoms with Crippen LogP contribution in [0.2, 0.25) is 0 Å². The molecule has 1 aromatic carbocycles. The van der Waals surface area contributed by atoms with Gasteiger partial charge in [-0.15, -0.1) is 0 Å². The number of hydrogen-bond donors (Lipinski definition) is 1. The molecule has 1 fully saturated rings. The highest BCUT2D eigenvalue weighted by molar-refractivity contribution is 5.23. The van der Waals surface area contributed by atoms with Crippen molar-refractivity contribution >= 4 is 0 Å². The minimum absolute atomic E-state index is 0.162. The van der Waals surface area contributed by atoms with Gasteiger partial charge in [-0.3, -0.25) is 19.5 Å². The van der Waals surface area contributed by atoms with Crippen molar-refractivity contribution in [2.24, 2.45) is 7.05 Å². The maximum atomic E-state index is 12.2. The van der Waals surface area contributed by atoms with Gasteiger partial charge in [0.1, 0.15) is 0 Å². The van der Waals surface area contributed by atoms with Crippen molar-refractivity contribution in [3.63, 3.8) is 0 Å². The highest BCUT2D eigenvalue weighted by atomic mass is 16.1. The van der Waals surface area contributed by atoms with Crippen LogP contribution in [0.1, 0.15) is 36.1 Å². The van der Waals surface area contributed by atoms with E-state index in [2.05, 4.69) is 40.3 Å². The highest BCUT2D eigenvalue weighted by Crippen LogP contribution is 2.34. The van der Waals surface area contributed by atoms with E-state index >= 15 is 0 Å². The molecule has 0 spiro atoms. The number of rotatable bonds is 4. The lowest BCUT2D eigenvalue weighted by Gasteiger charge is -2.34. The average Bonchev–Trinajstić information content (AvgIpc) is 3.34. The standard InChI is InChI=1S/C18H23N3O/c1-20-18(22)16-11-15(9-10-17(16)19-20)21(14-7-8-14)12-13-5-3-2-4-6-13/h2-6,14-15,19H,7-12H2,1H3. The summed E-state index contributed by atoms with van der Waals surface area (Å²) in [6.45, 7) is 1.01. The lowest BCUT2D eigenvalue weighted by atomic mass is 9.91. The molecular weight excluding hydrogens is 274 g/mol. The number of aromatic nitrogens is 2. The average molecular weight is 297 g/mol. The number of benzene rings is 1. The van der Waals surface area contributed by atoms with Crippen molar-refractivity contribution in [1.82, 2.24) is 14.7 Å². The fourth-order valence-electron chi connectivity index (χ4n) is 3.76. The van der Waals surface area contributed by atoms with Gasteiger partial charge >= 0.3 is 0 Å². The van der Waals surface area contributed by atoms with Crippen molar-refractivity contribution in [3.8, 4) is 0 Å². The third-order valence-electron chi connectivity index (χ3n) is 5.09. The van der Waals surface area contributed by atoms with E-state index in [1.54, 1.807) is 4.68 Å². The topological polar surface area (TPSA) is 41.0 Å². The molecule has 0 aliphatic heterocycles. The summed E-state index contributed by atoms with van der Waals surface area (Å²) in [6.07, 6.45) is 5.65. The second-order valence-corrected chi connectivity index (χ2v) is 6.72. The van der Waals surface area contributed by atoms with Gasteiger partial charge in [-0.1, -0.05) is 30.3 Å². The van der Waals surface area contributed by atoms with E-state index in [1.165, 1.54) is 18.4 Å². The van der Waals surface area contributed by atoms with Gasteiger partial charge in [-0.25, -0.2) is 0 Å². The quantitative estimate of drug-likeness (QED) is 0.940. The Morgan fingerprint density at radius 1 is 1.18 bits per heavy atom. The number of fused-ring (bicyclic) bond motifs is 1. The van der Waals surface area contributed by atoms with Crippen molar-refractivity contribution < 1.29 is 0 Å². The van der Waals surface area contributed by atoms with Crippen LogP contribution in [0.4, 0.5) is 0 Å². The molecule has 0 amide bonds. The molecule has 0 saturated heterocycles. The van der Waals surface area contributed by atoms with Crippen molar-refractivity contribution in [2.45, 2.75) is 50.7 Å². The summed E-state index contributed by atoms with van der Waals surface area (Å²) >= 11 is 0. The van der Waals surface area contributed by atoms with Gasteiger partial charge in [-0.2, -0.15) is 0 Å². The molecular formula is C18H23N3O. The number of aromatic amines is 1. The molecule has 4 heteroatoms. The number of aryl methyl sites for hydroxylation is 2. The third kappa shape index (κ3) is 2.52. The molecule has 0 bridgehead atoms. The van der Waals surface area contributed by atoms with Gasteiger partial charge in [0, 0.05) is 36.9 Å². The second-order valence-electron chi connectivity index (χ2n) is 6.72. The van der Waals surface area contributed by atoms with Crippen LogP contribution in [0.5, 0.6) is 0 Å². The molecule has 1 aromatic heterocycles. The second kappa shape index (κ2) is 5.43. The van der Waals surface area contributed by atoms with E-state index in [1.807, 2.05) is 7.05 Å². The van der Waals surface area contributed by atoms with Crippen LogP contribution in [-0.2, 0) is 26.4 Å². The minimum Gasteiger partial charge on any atom is -0.300 e. The molecule has 2 aliphatic rings. The number of nitrogens with zero attached hydrogens (tertiary/aromatic N) is 2. The number of nitrogens with one attached hydrogen (secondary N) is 1. The summed E-state index contributed by atoms with van der Waals surface area (Å²) in [7, 11) is 1.82. The highest BCUT2D eigenvalue weighted by Gasteiger charge is 2.36. The van der Waals surface area contributed by atoms with Crippen LogP contribution in [0.3, 0.4) is 0 Å². The minimum atomic E-state index is 0.162. The zero-order valence-corrected chi connectivity index (χ0v) is 13.1.